The summed E-state index contributed by atoms with van der Waals surface area (Å²) in [4.78, 5) is 11.4. The van der Waals surface area contributed by atoms with Gasteiger partial charge in [-0.25, -0.2) is 0 Å². The Balaban J connectivity index is 1.94. The Morgan fingerprint density at radius 1 is 1.16 bits per heavy atom. The zero-order valence-corrected chi connectivity index (χ0v) is 11.4. The van der Waals surface area contributed by atoms with Gasteiger partial charge < -0.3 is 9.67 Å². The van der Waals surface area contributed by atoms with Gasteiger partial charge in [0.15, 0.2) is 0 Å². The Bertz CT molecular complexity index is 477. The quantitative estimate of drug-likeness (QED) is 0.910. The van der Waals surface area contributed by atoms with Crippen LogP contribution in [0.3, 0.4) is 0 Å². The van der Waals surface area contributed by atoms with Crippen LogP contribution < -0.4 is 0 Å². The van der Waals surface area contributed by atoms with Crippen LogP contribution in [0.5, 0.6) is 0 Å². The van der Waals surface area contributed by atoms with Gasteiger partial charge in [0.1, 0.15) is 11.6 Å². The van der Waals surface area contributed by atoms with Gasteiger partial charge in [0.25, 0.3) is 0 Å². The van der Waals surface area contributed by atoms with Crippen LogP contribution in [0.4, 0.5) is 0 Å². The Morgan fingerprint density at radius 2 is 1.89 bits per heavy atom. The number of hydrogen-bond acceptors (Lipinski definition) is 3. The van der Waals surface area contributed by atoms with E-state index in [9.17, 15) is 9.90 Å². The molecule has 19 heavy (non-hydrogen) atoms. The summed E-state index contributed by atoms with van der Waals surface area (Å²) >= 11 is 0. The largest absolute Gasteiger partial charge is 0.481 e. The van der Waals surface area contributed by atoms with Crippen molar-refractivity contribution in [3.63, 3.8) is 0 Å². The number of aryl methyl sites for hydroxylation is 1. The Labute approximate surface area is 113 Å². The number of hydrogen-bond donors (Lipinski definition) is 1. The first-order valence-corrected chi connectivity index (χ1v) is 7.32. The van der Waals surface area contributed by atoms with Crippen molar-refractivity contribution in [2.24, 2.45) is 5.92 Å². The molecule has 5 heteroatoms. The van der Waals surface area contributed by atoms with E-state index >= 15 is 0 Å². The zero-order valence-electron chi connectivity index (χ0n) is 11.4. The van der Waals surface area contributed by atoms with Crippen LogP contribution in [0.1, 0.15) is 68.6 Å². The number of carbonyl (C=O) groups is 1. The molecule has 2 saturated carbocycles. The van der Waals surface area contributed by atoms with Crippen molar-refractivity contribution < 1.29 is 9.90 Å². The molecule has 0 bridgehead atoms. The Morgan fingerprint density at radius 3 is 2.58 bits per heavy atom. The van der Waals surface area contributed by atoms with E-state index in [1.165, 1.54) is 25.7 Å². The van der Waals surface area contributed by atoms with Crippen LogP contribution in [0.2, 0.25) is 0 Å². The van der Waals surface area contributed by atoms with Crippen molar-refractivity contribution in [1.29, 1.82) is 0 Å². The predicted octanol–water partition coefficient (Wildman–Crippen LogP) is 2.67. The third kappa shape index (κ3) is 2.15. The maximum absolute atomic E-state index is 11.4. The molecule has 2 unspecified atom stereocenters. The molecule has 5 nitrogen and oxygen atoms in total. The molecule has 1 heterocycles. The van der Waals surface area contributed by atoms with Crippen molar-refractivity contribution in [2.45, 2.75) is 63.8 Å². The lowest BCUT2D eigenvalue weighted by Crippen LogP contribution is -2.21. The van der Waals surface area contributed by atoms with E-state index in [0.29, 0.717) is 6.04 Å². The second kappa shape index (κ2) is 4.94. The van der Waals surface area contributed by atoms with Crippen molar-refractivity contribution in [3.05, 3.63) is 11.6 Å². The van der Waals surface area contributed by atoms with Gasteiger partial charge in [0, 0.05) is 12.0 Å². The standard InChI is InChI=1S/C14H21N3O2/c1-9-15-16-13(17(9)10-5-2-3-6-10)11-7-4-8-12(11)14(18)19/h10-12H,2-8H2,1H3,(H,18,19). The van der Waals surface area contributed by atoms with Crippen LogP contribution in [0, 0.1) is 12.8 Å². The molecule has 0 aliphatic heterocycles. The predicted molar refractivity (Wildman–Crippen MR) is 70.0 cm³/mol. The second-order valence-electron chi connectivity index (χ2n) is 5.90. The lowest BCUT2D eigenvalue weighted by molar-refractivity contribution is -0.142. The second-order valence-corrected chi connectivity index (χ2v) is 5.90. The van der Waals surface area contributed by atoms with Crippen LogP contribution in [0.15, 0.2) is 0 Å². The minimum absolute atomic E-state index is 0.0549. The van der Waals surface area contributed by atoms with E-state index in [1.54, 1.807) is 0 Å². The highest BCUT2D eigenvalue weighted by Gasteiger charge is 2.38. The van der Waals surface area contributed by atoms with Gasteiger partial charge in [0.05, 0.1) is 5.92 Å². The van der Waals surface area contributed by atoms with E-state index < -0.39 is 5.97 Å². The first kappa shape index (κ1) is 12.6. The SMILES string of the molecule is Cc1nnc(C2CCCC2C(=O)O)n1C1CCCC1. The number of nitrogens with zero attached hydrogens (tertiary/aromatic N) is 3. The smallest absolute Gasteiger partial charge is 0.307 e. The fourth-order valence-electron chi connectivity index (χ4n) is 3.82. The molecule has 0 radical (unpaired) electrons. The van der Waals surface area contributed by atoms with Crippen molar-refractivity contribution in [2.75, 3.05) is 0 Å². The van der Waals surface area contributed by atoms with E-state index in [4.69, 9.17) is 0 Å². The van der Waals surface area contributed by atoms with E-state index in [0.717, 1.165) is 30.9 Å². The van der Waals surface area contributed by atoms with Crippen LogP contribution in [0.25, 0.3) is 0 Å². The van der Waals surface area contributed by atoms with Crippen molar-refractivity contribution in [1.82, 2.24) is 14.8 Å². The fourth-order valence-corrected chi connectivity index (χ4v) is 3.82. The Hall–Kier alpha value is -1.39. The molecule has 0 aromatic carbocycles. The molecule has 1 aromatic rings. The molecule has 0 amide bonds. The molecule has 3 rings (SSSR count). The number of carboxylic acids is 1. The van der Waals surface area contributed by atoms with E-state index in [-0.39, 0.29) is 11.8 Å². The average molecular weight is 263 g/mol. The topological polar surface area (TPSA) is 68.0 Å². The number of aliphatic carboxylic acids is 1. The highest BCUT2D eigenvalue weighted by molar-refractivity contribution is 5.71. The van der Waals surface area contributed by atoms with Gasteiger partial charge in [-0.15, -0.1) is 10.2 Å². The van der Waals surface area contributed by atoms with Crippen LogP contribution in [-0.2, 0) is 4.79 Å². The first-order valence-electron chi connectivity index (χ1n) is 7.32. The summed E-state index contributed by atoms with van der Waals surface area (Å²) in [5.74, 6) is 0.969. The first-order chi connectivity index (χ1) is 9.18. The molecule has 2 aliphatic rings. The highest BCUT2D eigenvalue weighted by atomic mass is 16.4. The molecule has 2 fully saturated rings. The summed E-state index contributed by atoms with van der Waals surface area (Å²) in [5, 5.41) is 17.9. The zero-order chi connectivity index (χ0) is 13.4. The molecule has 2 aliphatic carbocycles. The van der Waals surface area contributed by atoms with Crippen molar-refractivity contribution in [3.8, 4) is 0 Å². The normalized spacial score (nSPS) is 28.1. The molecule has 1 aromatic heterocycles. The summed E-state index contributed by atoms with van der Waals surface area (Å²) in [6.07, 6.45) is 7.56. The summed E-state index contributed by atoms with van der Waals surface area (Å²) in [7, 11) is 0. The highest BCUT2D eigenvalue weighted by Crippen LogP contribution is 2.41. The maximum Gasteiger partial charge on any atom is 0.307 e. The molecular formula is C14H21N3O2. The van der Waals surface area contributed by atoms with E-state index in [1.807, 2.05) is 6.92 Å². The number of rotatable bonds is 3. The van der Waals surface area contributed by atoms with Crippen LogP contribution >= 0.6 is 0 Å². The van der Waals surface area contributed by atoms with Gasteiger partial charge in [0.2, 0.25) is 0 Å². The molecule has 2 atom stereocenters. The van der Waals surface area contributed by atoms with Gasteiger partial charge in [-0.2, -0.15) is 0 Å². The van der Waals surface area contributed by atoms with Crippen molar-refractivity contribution >= 4 is 5.97 Å². The summed E-state index contributed by atoms with van der Waals surface area (Å²) in [6.45, 7) is 1.99. The fraction of sp³-hybridized carbons (Fsp3) is 0.786. The van der Waals surface area contributed by atoms with Gasteiger partial charge in [-0.3, -0.25) is 4.79 Å². The lowest BCUT2D eigenvalue weighted by atomic mass is 9.95. The average Bonchev–Trinajstić information content (AvgIpc) is 3.06. The number of aromatic nitrogens is 3. The van der Waals surface area contributed by atoms with Gasteiger partial charge in [-0.1, -0.05) is 19.3 Å². The summed E-state index contributed by atoms with van der Waals surface area (Å²) < 4.78 is 2.24. The molecule has 0 spiro atoms. The summed E-state index contributed by atoms with van der Waals surface area (Å²) in [6, 6.07) is 0.486. The number of carboxylic acid groups (broad SMARTS) is 1. The molecule has 1 N–H and O–H groups in total. The van der Waals surface area contributed by atoms with Gasteiger partial charge >= 0.3 is 5.97 Å². The minimum Gasteiger partial charge on any atom is -0.481 e. The molecule has 0 saturated heterocycles. The monoisotopic (exact) mass is 263 g/mol. The third-order valence-electron chi connectivity index (χ3n) is 4.75. The Kier molecular flexibility index (Phi) is 3.29. The molecule has 104 valence electrons. The van der Waals surface area contributed by atoms with E-state index in [2.05, 4.69) is 14.8 Å². The molecular weight excluding hydrogens is 242 g/mol. The maximum atomic E-state index is 11.4. The van der Waals surface area contributed by atoms with Crippen LogP contribution in [-0.4, -0.2) is 25.8 Å². The van der Waals surface area contributed by atoms with Gasteiger partial charge in [-0.05, 0) is 32.6 Å². The lowest BCUT2D eigenvalue weighted by Gasteiger charge is -2.21. The summed E-state index contributed by atoms with van der Waals surface area (Å²) in [5.41, 5.74) is 0. The third-order valence-corrected chi connectivity index (χ3v) is 4.75. The minimum atomic E-state index is -0.680.